The van der Waals surface area contributed by atoms with Crippen molar-refractivity contribution < 1.29 is 14.3 Å². The predicted molar refractivity (Wildman–Crippen MR) is 57.6 cm³/mol. The zero-order chi connectivity index (χ0) is 11.8. The lowest BCUT2D eigenvalue weighted by atomic mass is 10.2. The second kappa shape index (κ2) is 3.44. The van der Waals surface area contributed by atoms with E-state index in [9.17, 15) is 4.79 Å². The topological polar surface area (TPSA) is 80.6 Å². The number of fused-ring (bicyclic) bond motifs is 1. The van der Waals surface area contributed by atoms with Crippen LogP contribution < -0.4 is 0 Å². The minimum absolute atomic E-state index is 0.0896. The molecule has 0 saturated heterocycles. The fourth-order valence-corrected chi connectivity index (χ4v) is 1.70. The smallest absolute Gasteiger partial charge is 0.339 e. The molecule has 0 amide bonds. The highest BCUT2D eigenvalue weighted by molar-refractivity contribution is 5.95. The summed E-state index contributed by atoms with van der Waals surface area (Å²) in [6.07, 6.45) is 4.45. The Morgan fingerprint density at radius 2 is 2.29 bits per heavy atom. The Morgan fingerprint density at radius 3 is 3.12 bits per heavy atom. The van der Waals surface area contributed by atoms with Crippen LogP contribution in [0.3, 0.4) is 0 Å². The lowest BCUT2D eigenvalue weighted by Gasteiger charge is -2.00. The van der Waals surface area contributed by atoms with Crippen molar-refractivity contribution in [2.75, 3.05) is 0 Å². The second-order valence-electron chi connectivity index (χ2n) is 3.42. The third kappa shape index (κ3) is 1.38. The van der Waals surface area contributed by atoms with Gasteiger partial charge in [0, 0.05) is 6.20 Å². The van der Waals surface area contributed by atoms with Gasteiger partial charge in [-0.3, -0.25) is 0 Å². The number of aromatic carboxylic acids is 1. The van der Waals surface area contributed by atoms with Crippen molar-refractivity contribution in [3.63, 3.8) is 0 Å². The number of rotatable bonds is 2. The molecule has 6 nitrogen and oxygen atoms in total. The highest BCUT2D eigenvalue weighted by Gasteiger charge is 2.18. The molecule has 0 fully saturated rings. The third-order valence-corrected chi connectivity index (χ3v) is 2.44. The first-order valence-electron chi connectivity index (χ1n) is 4.87. The molecule has 6 heteroatoms. The van der Waals surface area contributed by atoms with Crippen LogP contribution in [0.2, 0.25) is 0 Å². The van der Waals surface area contributed by atoms with Crippen LogP contribution >= 0.6 is 0 Å². The maximum atomic E-state index is 11.0. The van der Waals surface area contributed by atoms with Crippen LogP contribution in [0.5, 0.6) is 0 Å². The summed E-state index contributed by atoms with van der Waals surface area (Å²) in [6.45, 7) is 0. The molecule has 3 aromatic heterocycles. The van der Waals surface area contributed by atoms with Crippen LogP contribution in [0.1, 0.15) is 10.4 Å². The molecule has 0 aliphatic heterocycles. The molecule has 0 spiro atoms. The molecule has 1 N–H and O–H groups in total. The van der Waals surface area contributed by atoms with Crippen LogP contribution in [-0.4, -0.2) is 25.7 Å². The van der Waals surface area contributed by atoms with E-state index < -0.39 is 5.97 Å². The molecular weight excluding hydrogens is 222 g/mol. The van der Waals surface area contributed by atoms with Gasteiger partial charge in [0.2, 0.25) is 0 Å². The normalized spacial score (nSPS) is 10.8. The van der Waals surface area contributed by atoms with E-state index in [1.54, 1.807) is 22.8 Å². The monoisotopic (exact) mass is 229 g/mol. The quantitative estimate of drug-likeness (QED) is 0.723. The minimum atomic E-state index is -1.04. The van der Waals surface area contributed by atoms with E-state index in [0.717, 1.165) is 0 Å². The van der Waals surface area contributed by atoms with Gasteiger partial charge in [0.05, 0.1) is 11.8 Å². The van der Waals surface area contributed by atoms with E-state index in [0.29, 0.717) is 11.2 Å². The van der Waals surface area contributed by atoms with E-state index in [1.807, 2.05) is 0 Å². The molecule has 0 aliphatic carbocycles. The molecule has 0 aliphatic rings. The Labute approximate surface area is 95.1 Å². The van der Waals surface area contributed by atoms with E-state index >= 15 is 0 Å². The molecule has 0 saturated carbocycles. The first-order chi connectivity index (χ1) is 8.27. The van der Waals surface area contributed by atoms with Crippen LogP contribution in [-0.2, 0) is 0 Å². The zero-order valence-corrected chi connectivity index (χ0v) is 8.57. The summed E-state index contributed by atoms with van der Waals surface area (Å²) in [5.74, 6) is -0.805. The van der Waals surface area contributed by atoms with Gasteiger partial charge in [0.15, 0.2) is 5.76 Å². The predicted octanol–water partition coefficient (Wildman–Crippen LogP) is 1.69. The Morgan fingerprint density at radius 1 is 1.41 bits per heavy atom. The molecule has 3 aromatic rings. The Balaban J connectivity index is 2.30. The fraction of sp³-hybridized carbons (Fsp3) is 0. The van der Waals surface area contributed by atoms with Gasteiger partial charge in [-0.1, -0.05) is 0 Å². The summed E-state index contributed by atoms with van der Waals surface area (Å²) >= 11 is 0. The standard InChI is InChI=1S/C11H7N3O3/c15-11(16)7-3-5-17-10(7)9-8-2-1-4-14(8)13-6-12-9/h1-6H,(H,15,16). The van der Waals surface area contributed by atoms with Crippen LogP contribution in [0.4, 0.5) is 0 Å². The molecule has 17 heavy (non-hydrogen) atoms. The fourth-order valence-electron chi connectivity index (χ4n) is 1.70. The van der Waals surface area contributed by atoms with Crippen molar-refractivity contribution in [1.29, 1.82) is 0 Å². The second-order valence-corrected chi connectivity index (χ2v) is 3.42. The van der Waals surface area contributed by atoms with Gasteiger partial charge in [0.1, 0.15) is 17.6 Å². The Hall–Kier alpha value is -2.63. The first-order valence-corrected chi connectivity index (χ1v) is 4.87. The molecule has 3 heterocycles. The maximum absolute atomic E-state index is 11.0. The SMILES string of the molecule is O=C(O)c1ccoc1-c1ncnn2cccc12. The van der Waals surface area contributed by atoms with Crippen LogP contribution in [0, 0.1) is 0 Å². The minimum Gasteiger partial charge on any atom is -0.478 e. The van der Waals surface area contributed by atoms with E-state index in [4.69, 9.17) is 9.52 Å². The van der Waals surface area contributed by atoms with Crippen molar-refractivity contribution in [3.8, 4) is 11.5 Å². The van der Waals surface area contributed by atoms with Gasteiger partial charge in [-0.05, 0) is 18.2 Å². The van der Waals surface area contributed by atoms with E-state index in [1.165, 1.54) is 18.7 Å². The number of hydrogen-bond acceptors (Lipinski definition) is 4. The summed E-state index contributed by atoms with van der Waals surface area (Å²) < 4.78 is 6.81. The number of carboxylic acid groups (broad SMARTS) is 1. The van der Waals surface area contributed by atoms with E-state index in [2.05, 4.69) is 10.1 Å². The Kier molecular flexibility index (Phi) is 1.94. The highest BCUT2D eigenvalue weighted by atomic mass is 16.4. The highest BCUT2D eigenvalue weighted by Crippen LogP contribution is 2.26. The third-order valence-electron chi connectivity index (χ3n) is 2.44. The van der Waals surface area contributed by atoms with Crippen molar-refractivity contribution in [2.45, 2.75) is 0 Å². The molecule has 0 atom stereocenters. The van der Waals surface area contributed by atoms with E-state index in [-0.39, 0.29) is 11.3 Å². The summed E-state index contributed by atoms with van der Waals surface area (Å²) in [7, 11) is 0. The maximum Gasteiger partial charge on any atom is 0.339 e. The van der Waals surface area contributed by atoms with Gasteiger partial charge < -0.3 is 9.52 Å². The number of carboxylic acids is 1. The van der Waals surface area contributed by atoms with Crippen molar-refractivity contribution in [2.24, 2.45) is 0 Å². The number of hydrogen-bond donors (Lipinski definition) is 1. The molecule has 0 aromatic carbocycles. The van der Waals surface area contributed by atoms with Gasteiger partial charge in [-0.25, -0.2) is 14.3 Å². The van der Waals surface area contributed by atoms with Crippen molar-refractivity contribution in [3.05, 3.63) is 42.5 Å². The molecule has 0 radical (unpaired) electrons. The van der Waals surface area contributed by atoms with Gasteiger partial charge in [-0.15, -0.1) is 0 Å². The molecular formula is C11H7N3O3. The summed E-state index contributed by atoms with van der Waals surface area (Å²) in [6, 6.07) is 5.00. The number of nitrogens with zero attached hydrogens (tertiary/aromatic N) is 3. The van der Waals surface area contributed by atoms with Crippen LogP contribution in [0.15, 0.2) is 41.4 Å². The largest absolute Gasteiger partial charge is 0.478 e. The number of aromatic nitrogens is 3. The zero-order valence-electron chi connectivity index (χ0n) is 8.57. The van der Waals surface area contributed by atoms with Crippen LogP contribution in [0.25, 0.3) is 17.0 Å². The molecule has 0 bridgehead atoms. The molecule has 84 valence electrons. The Bertz CT molecular complexity index is 699. The van der Waals surface area contributed by atoms with Crippen molar-refractivity contribution in [1.82, 2.24) is 14.6 Å². The summed E-state index contributed by atoms with van der Waals surface area (Å²) in [5, 5.41) is 13.0. The van der Waals surface area contributed by atoms with Gasteiger partial charge in [-0.2, -0.15) is 5.10 Å². The summed E-state index contributed by atoms with van der Waals surface area (Å²) in [4.78, 5) is 15.1. The lowest BCUT2D eigenvalue weighted by molar-refractivity contribution is 0.0697. The number of carbonyl (C=O) groups is 1. The molecule has 0 unspecified atom stereocenters. The van der Waals surface area contributed by atoms with Gasteiger partial charge in [0.25, 0.3) is 0 Å². The summed E-state index contributed by atoms with van der Waals surface area (Å²) in [5.41, 5.74) is 1.25. The first kappa shape index (κ1) is 9.59. The molecule has 3 rings (SSSR count). The van der Waals surface area contributed by atoms with Crippen molar-refractivity contribution >= 4 is 11.5 Å². The van der Waals surface area contributed by atoms with Gasteiger partial charge >= 0.3 is 5.97 Å². The number of furan rings is 1. The average molecular weight is 229 g/mol. The average Bonchev–Trinajstić information content (AvgIpc) is 2.97. The lowest BCUT2D eigenvalue weighted by Crippen LogP contribution is -1.99.